The van der Waals surface area contributed by atoms with Crippen LogP contribution in [0.2, 0.25) is 0 Å². The topological polar surface area (TPSA) is 60.9 Å². The molecular weight excluding hydrogens is 240 g/mol. The summed E-state index contributed by atoms with van der Waals surface area (Å²) in [6.45, 7) is 3.90. The monoisotopic (exact) mass is 262 g/mol. The maximum atomic E-state index is 12.4. The lowest BCUT2D eigenvalue weighted by atomic mass is 10.0. The average molecular weight is 262 g/mol. The largest absolute Gasteiger partial charge is 0.395 e. The first-order valence-electron chi connectivity index (χ1n) is 6.43. The molecule has 0 unspecified atom stereocenters. The van der Waals surface area contributed by atoms with Gasteiger partial charge in [-0.1, -0.05) is 6.92 Å². The Morgan fingerprint density at radius 3 is 2.41 bits per heavy atom. The molecule has 0 aliphatic carbocycles. The molecule has 0 aromatic heterocycles. The second-order valence-electron chi connectivity index (χ2n) is 5.18. The minimum atomic E-state index is -3.34. The van der Waals surface area contributed by atoms with Gasteiger partial charge in [-0.3, -0.25) is 0 Å². The van der Waals surface area contributed by atoms with Crippen molar-refractivity contribution in [2.24, 2.45) is 5.92 Å². The van der Waals surface area contributed by atoms with Gasteiger partial charge in [-0.05, 0) is 31.6 Å². The Balaban J connectivity index is 2.07. The second-order valence-corrected chi connectivity index (χ2v) is 7.06. The van der Waals surface area contributed by atoms with E-state index >= 15 is 0 Å². The van der Waals surface area contributed by atoms with E-state index in [1.165, 1.54) is 4.31 Å². The number of aliphatic hydroxyl groups is 1. The van der Waals surface area contributed by atoms with Gasteiger partial charge in [0.2, 0.25) is 0 Å². The first-order chi connectivity index (χ1) is 8.05. The first-order valence-corrected chi connectivity index (χ1v) is 7.83. The maximum Gasteiger partial charge on any atom is 0.282 e. The minimum Gasteiger partial charge on any atom is -0.395 e. The van der Waals surface area contributed by atoms with Crippen LogP contribution in [-0.2, 0) is 10.2 Å². The van der Waals surface area contributed by atoms with E-state index in [9.17, 15) is 13.5 Å². The molecule has 6 heteroatoms. The number of aliphatic hydroxyl groups excluding tert-OH is 1. The molecule has 17 heavy (non-hydrogen) atoms. The van der Waals surface area contributed by atoms with Crippen LogP contribution >= 0.6 is 0 Å². The molecule has 2 heterocycles. The van der Waals surface area contributed by atoms with E-state index in [1.54, 1.807) is 4.31 Å². The van der Waals surface area contributed by atoms with E-state index < -0.39 is 10.2 Å². The minimum absolute atomic E-state index is 0.0660. The van der Waals surface area contributed by atoms with Gasteiger partial charge in [0.1, 0.15) is 0 Å². The Hall–Kier alpha value is -0.170. The fourth-order valence-corrected chi connectivity index (χ4v) is 4.54. The van der Waals surface area contributed by atoms with Crippen LogP contribution in [0.5, 0.6) is 0 Å². The van der Waals surface area contributed by atoms with Crippen molar-refractivity contribution in [3.63, 3.8) is 0 Å². The van der Waals surface area contributed by atoms with Crippen molar-refractivity contribution in [3.8, 4) is 0 Å². The van der Waals surface area contributed by atoms with E-state index in [0.717, 1.165) is 25.7 Å². The molecule has 2 aliphatic rings. The maximum absolute atomic E-state index is 12.4. The zero-order valence-corrected chi connectivity index (χ0v) is 11.2. The smallest absolute Gasteiger partial charge is 0.282 e. The molecule has 5 nitrogen and oxygen atoms in total. The van der Waals surface area contributed by atoms with E-state index in [4.69, 9.17) is 0 Å². The normalized spacial score (nSPS) is 29.9. The summed E-state index contributed by atoms with van der Waals surface area (Å²) in [7, 11) is -3.34. The highest BCUT2D eigenvalue weighted by molar-refractivity contribution is 7.86. The van der Waals surface area contributed by atoms with Gasteiger partial charge in [0.25, 0.3) is 10.2 Å². The van der Waals surface area contributed by atoms with Gasteiger partial charge < -0.3 is 5.11 Å². The lowest BCUT2D eigenvalue weighted by molar-refractivity contribution is 0.199. The summed E-state index contributed by atoms with van der Waals surface area (Å²) in [5, 5.41) is 9.22. The van der Waals surface area contributed by atoms with E-state index in [0.29, 0.717) is 25.6 Å². The molecule has 0 bridgehead atoms. The Kier molecular flexibility index (Phi) is 4.07. The molecule has 0 spiro atoms. The third kappa shape index (κ3) is 2.65. The number of piperidine rings is 1. The predicted molar refractivity (Wildman–Crippen MR) is 65.7 cm³/mol. The lowest BCUT2D eigenvalue weighted by Crippen LogP contribution is -2.49. The molecule has 0 radical (unpaired) electrons. The molecule has 0 amide bonds. The quantitative estimate of drug-likeness (QED) is 0.802. The van der Waals surface area contributed by atoms with Crippen molar-refractivity contribution in [1.29, 1.82) is 0 Å². The van der Waals surface area contributed by atoms with Crippen molar-refractivity contribution >= 4 is 10.2 Å². The second kappa shape index (κ2) is 5.22. The molecular formula is C11H22N2O3S. The Morgan fingerprint density at radius 2 is 1.82 bits per heavy atom. The summed E-state index contributed by atoms with van der Waals surface area (Å²) in [6.07, 6.45) is 3.52. The lowest BCUT2D eigenvalue weighted by Gasteiger charge is -2.34. The van der Waals surface area contributed by atoms with Crippen LogP contribution in [0.25, 0.3) is 0 Å². The summed E-state index contributed by atoms with van der Waals surface area (Å²) in [4.78, 5) is 0. The Bertz CT molecular complexity index is 350. The summed E-state index contributed by atoms with van der Waals surface area (Å²) in [5.41, 5.74) is 0. The summed E-state index contributed by atoms with van der Waals surface area (Å²) < 4.78 is 27.9. The standard InChI is InChI=1S/C11H22N2O3S/c1-10-4-7-12(8-5-10)17(15,16)13-6-2-3-11(13)9-14/h10-11,14H,2-9H2,1H3/t11-/m1/s1. The van der Waals surface area contributed by atoms with Crippen LogP contribution in [0.3, 0.4) is 0 Å². The summed E-state index contributed by atoms with van der Waals surface area (Å²) >= 11 is 0. The predicted octanol–water partition coefficient (Wildman–Crippen LogP) is 0.420. The molecule has 100 valence electrons. The van der Waals surface area contributed by atoms with Gasteiger partial charge in [-0.2, -0.15) is 17.0 Å². The molecule has 1 N–H and O–H groups in total. The third-order valence-corrected chi connectivity index (χ3v) is 5.99. The molecule has 2 fully saturated rings. The van der Waals surface area contributed by atoms with Gasteiger partial charge in [0.15, 0.2) is 0 Å². The van der Waals surface area contributed by atoms with Gasteiger partial charge >= 0.3 is 0 Å². The number of hydrogen-bond acceptors (Lipinski definition) is 3. The van der Waals surface area contributed by atoms with Gasteiger partial charge in [0.05, 0.1) is 6.61 Å². The third-order valence-electron chi connectivity index (χ3n) is 3.90. The fourth-order valence-electron chi connectivity index (χ4n) is 2.66. The van der Waals surface area contributed by atoms with Crippen molar-refractivity contribution in [2.45, 2.75) is 38.6 Å². The zero-order valence-electron chi connectivity index (χ0n) is 10.4. The zero-order chi connectivity index (χ0) is 12.5. The van der Waals surface area contributed by atoms with E-state index in [1.807, 2.05) is 0 Å². The van der Waals surface area contributed by atoms with Crippen molar-refractivity contribution in [1.82, 2.24) is 8.61 Å². The summed E-state index contributed by atoms with van der Waals surface area (Å²) in [6, 6.07) is -0.209. The van der Waals surface area contributed by atoms with E-state index in [2.05, 4.69) is 6.92 Å². The number of hydrogen-bond donors (Lipinski definition) is 1. The molecule has 0 aromatic carbocycles. The number of rotatable bonds is 3. The number of nitrogens with zero attached hydrogens (tertiary/aromatic N) is 2. The fraction of sp³-hybridized carbons (Fsp3) is 1.00. The Morgan fingerprint density at radius 1 is 1.18 bits per heavy atom. The van der Waals surface area contributed by atoms with Crippen LogP contribution in [0.4, 0.5) is 0 Å². The molecule has 0 saturated carbocycles. The molecule has 2 aliphatic heterocycles. The summed E-state index contributed by atoms with van der Waals surface area (Å²) in [5.74, 6) is 0.619. The highest BCUT2D eigenvalue weighted by Crippen LogP contribution is 2.26. The van der Waals surface area contributed by atoms with Crippen LogP contribution in [0.1, 0.15) is 32.6 Å². The van der Waals surface area contributed by atoms with Crippen molar-refractivity contribution < 1.29 is 13.5 Å². The van der Waals surface area contributed by atoms with Crippen LogP contribution in [-0.4, -0.2) is 54.4 Å². The molecule has 2 saturated heterocycles. The van der Waals surface area contributed by atoms with Crippen molar-refractivity contribution in [3.05, 3.63) is 0 Å². The molecule has 0 aromatic rings. The highest BCUT2D eigenvalue weighted by Gasteiger charge is 2.38. The van der Waals surface area contributed by atoms with Gasteiger partial charge in [-0.25, -0.2) is 0 Å². The van der Waals surface area contributed by atoms with Crippen LogP contribution in [0.15, 0.2) is 0 Å². The van der Waals surface area contributed by atoms with Crippen LogP contribution in [0, 0.1) is 5.92 Å². The van der Waals surface area contributed by atoms with Gasteiger partial charge in [-0.15, -0.1) is 0 Å². The van der Waals surface area contributed by atoms with Crippen LogP contribution < -0.4 is 0 Å². The molecule has 2 rings (SSSR count). The SMILES string of the molecule is CC1CCN(S(=O)(=O)N2CCC[C@@H]2CO)CC1. The highest BCUT2D eigenvalue weighted by atomic mass is 32.2. The van der Waals surface area contributed by atoms with Crippen molar-refractivity contribution in [2.75, 3.05) is 26.2 Å². The molecule has 1 atom stereocenters. The van der Waals surface area contributed by atoms with E-state index in [-0.39, 0.29) is 12.6 Å². The average Bonchev–Trinajstić information content (AvgIpc) is 2.78. The first kappa shape index (κ1) is 13.3. The van der Waals surface area contributed by atoms with Gasteiger partial charge in [0, 0.05) is 25.7 Å². The Labute approximate surface area is 104 Å².